The molecule has 2 heterocycles. The van der Waals surface area contributed by atoms with E-state index >= 15 is 0 Å². The maximum Gasteiger partial charge on any atom is 0.254 e. The molecule has 3 nitrogen and oxygen atoms in total. The van der Waals surface area contributed by atoms with E-state index in [4.69, 9.17) is 0 Å². The maximum atomic E-state index is 13.6. The molecule has 2 atom stereocenters. The van der Waals surface area contributed by atoms with E-state index in [1.807, 2.05) is 4.90 Å². The summed E-state index contributed by atoms with van der Waals surface area (Å²) in [6.45, 7) is 7.96. The Hall–Kier alpha value is -1.42. The fraction of sp³-hybridized carbons (Fsp3) is 0.562. The highest BCUT2D eigenvalue weighted by Crippen LogP contribution is 2.34. The summed E-state index contributed by atoms with van der Waals surface area (Å²) in [6.07, 6.45) is 1.09. The quantitative estimate of drug-likeness (QED) is 0.828. The largest absolute Gasteiger partial charge is 0.330 e. The minimum atomic E-state index is -0.301. The van der Waals surface area contributed by atoms with Crippen molar-refractivity contribution in [2.75, 3.05) is 13.1 Å². The molecule has 1 aromatic carbocycles. The van der Waals surface area contributed by atoms with Crippen molar-refractivity contribution < 1.29 is 9.18 Å². The highest BCUT2D eigenvalue weighted by atomic mass is 19.1. The number of aryl methyl sites for hydroxylation is 1. The summed E-state index contributed by atoms with van der Waals surface area (Å²) in [5.74, 6) is -0.320. The third kappa shape index (κ3) is 2.12. The SMILES string of the molecule is Cc1ccc(C(=O)N2C3CC2CN(C(C)C)C3)cc1F. The van der Waals surface area contributed by atoms with Crippen molar-refractivity contribution in [2.45, 2.75) is 45.3 Å². The average Bonchev–Trinajstić information content (AvgIpc) is 2.41. The fourth-order valence-corrected chi connectivity index (χ4v) is 3.27. The van der Waals surface area contributed by atoms with Crippen molar-refractivity contribution in [1.29, 1.82) is 0 Å². The highest BCUT2D eigenvalue weighted by Gasteiger charge is 2.47. The number of nitrogens with zero attached hydrogens (tertiary/aromatic N) is 2. The summed E-state index contributed by atoms with van der Waals surface area (Å²) in [7, 11) is 0. The monoisotopic (exact) mass is 276 g/mol. The summed E-state index contributed by atoms with van der Waals surface area (Å²) in [4.78, 5) is 16.9. The Labute approximate surface area is 119 Å². The molecule has 2 aliphatic rings. The van der Waals surface area contributed by atoms with Gasteiger partial charge in [0.1, 0.15) is 5.82 Å². The van der Waals surface area contributed by atoms with Crippen LogP contribution >= 0.6 is 0 Å². The Morgan fingerprint density at radius 1 is 1.30 bits per heavy atom. The number of halogens is 1. The minimum Gasteiger partial charge on any atom is -0.330 e. The van der Waals surface area contributed by atoms with E-state index in [-0.39, 0.29) is 11.7 Å². The third-order valence-electron chi connectivity index (χ3n) is 4.61. The lowest BCUT2D eigenvalue weighted by Crippen LogP contribution is -2.70. The summed E-state index contributed by atoms with van der Waals surface area (Å²) < 4.78 is 13.6. The van der Waals surface area contributed by atoms with E-state index in [9.17, 15) is 9.18 Å². The zero-order chi connectivity index (χ0) is 14.4. The Kier molecular flexibility index (Phi) is 3.28. The topological polar surface area (TPSA) is 23.6 Å². The van der Waals surface area contributed by atoms with E-state index in [2.05, 4.69) is 18.7 Å². The molecule has 0 aromatic heterocycles. The molecule has 2 bridgehead atoms. The van der Waals surface area contributed by atoms with Crippen molar-refractivity contribution in [1.82, 2.24) is 9.80 Å². The van der Waals surface area contributed by atoms with Crippen LogP contribution in [-0.4, -0.2) is 46.9 Å². The van der Waals surface area contributed by atoms with Crippen molar-refractivity contribution in [2.24, 2.45) is 0 Å². The van der Waals surface area contributed by atoms with Gasteiger partial charge in [-0.25, -0.2) is 4.39 Å². The van der Waals surface area contributed by atoms with Crippen LogP contribution in [0.1, 0.15) is 36.2 Å². The Bertz CT molecular complexity index is 531. The van der Waals surface area contributed by atoms with Crippen LogP contribution < -0.4 is 0 Å². The molecule has 0 spiro atoms. The second kappa shape index (κ2) is 4.85. The molecule has 3 rings (SSSR count). The van der Waals surface area contributed by atoms with Crippen molar-refractivity contribution >= 4 is 5.91 Å². The molecule has 20 heavy (non-hydrogen) atoms. The van der Waals surface area contributed by atoms with Crippen LogP contribution in [0.5, 0.6) is 0 Å². The lowest BCUT2D eigenvalue weighted by atomic mass is 9.86. The van der Waals surface area contributed by atoms with Gasteiger partial charge in [0, 0.05) is 36.8 Å². The second-order valence-corrected chi connectivity index (χ2v) is 6.27. The standard InChI is InChI=1S/C16H21FN2O/c1-10(2)18-8-13-7-14(9-18)19(13)16(20)12-5-4-11(3)15(17)6-12/h4-6,10,13-14H,7-9H2,1-3H3. The molecule has 0 saturated carbocycles. The predicted octanol–water partition coefficient (Wildman–Crippen LogP) is 2.44. The Balaban J connectivity index is 1.75. The van der Waals surface area contributed by atoms with E-state index in [1.54, 1.807) is 19.1 Å². The number of hydrogen-bond donors (Lipinski definition) is 0. The van der Waals surface area contributed by atoms with Gasteiger partial charge in [-0.05, 0) is 44.9 Å². The molecule has 0 radical (unpaired) electrons. The molecule has 0 N–H and O–H groups in total. The number of rotatable bonds is 2. The smallest absolute Gasteiger partial charge is 0.254 e. The summed E-state index contributed by atoms with van der Waals surface area (Å²) in [6, 6.07) is 5.90. The van der Waals surface area contributed by atoms with Crippen LogP contribution in [0, 0.1) is 12.7 Å². The zero-order valence-electron chi connectivity index (χ0n) is 12.3. The van der Waals surface area contributed by atoms with Gasteiger partial charge in [0.2, 0.25) is 0 Å². The zero-order valence-corrected chi connectivity index (χ0v) is 12.3. The minimum absolute atomic E-state index is 0.0199. The lowest BCUT2D eigenvalue weighted by molar-refractivity contribution is -0.0563. The number of piperazine rings is 1. The van der Waals surface area contributed by atoms with E-state index in [0.717, 1.165) is 19.5 Å². The van der Waals surface area contributed by atoms with Gasteiger partial charge in [0.25, 0.3) is 5.91 Å². The molecule has 0 aliphatic carbocycles. The van der Waals surface area contributed by atoms with E-state index in [0.29, 0.717) is 29.3 Å². The molecule has 2 unspecified atom stereocenters. The second-order valence-electron chi connectivity index (χ2n) is 6.27. The normalized spacial score (nSPS) is 25.8. The molecule has 1 aromatic rings. The van der Waals surface area contributed by atoms with Gasteiger partial charge in [-0.3, -0.25) is 9.69 Å². The van der Waals surface area contributed by atoms with Gasteiger partial charge < -0.3 is 4.90 Å². The number of piperidine rings is 1. The first-order chi connectivity index (χ1) is 9.47. The fourth-order valence-electron chi connectivity index (χ4n) is 3.27. The van der Waals surface area contributed by atoms with Crippen LogP contribution in [0.2, 0.25) is 0 Å². The molecule has 4 heteroatoms. The maximum absolute atomic E-state index is 13.6. The van der Waals surface area contributed by atoms with Gasteiger partial charge in [-0.15, -0.1) is 0 Å². The van der Waals surface area contributed by atoms with Crippen LogP contribution in [0.25, 0.3) is 0 Å². The summed E-state index contributed by atoms with van der Waals surface area (Å²) in [5.41, 5.74) is 1.05. The summed E-state index contributed by atoms with van der Waals surface area (Å²) in [5, 5.41) is 0. The molecular formula is C16H21FN2O. The van der Waals surface area contributed by atoms with Gasteiger partial charge in [0.05, 0.1) is 0 Å². The van der Waals surface area contributed by atoms with E-state index in [1.165, 1.54) is 6.07 Å². The Morgan fingerprint density at radius 2 is 1.95 bits per heavy atom. The highest BCUT2D eigenvalue weighted by molar-refractivity contribution is 5.95. The predicted molar refractivity (Wildman–Crippen MR) is 76.2 cm³/mol. The first-order valence-corrected chi connectivity index (χ1v) is 7.30. The molecular weight excluding hydrogens is 255 g/mol. The number of carbonyl (C=O) groups excluding carboxylic acids is 1. The van der Waals surface area contributed by atoms with Gasteiger partial charge >= 0.3 is 0 Å². The molecule has 1 amide bonds. The van der Waals surface area contributed by atoms with Crippen LogP contribution in [0.3, 0.4) is 0 Å². The van der Waals surface area contributed by atoms with Crippen LogP contribution in [-0.2, 0) is 0 Å². The number of fused-ring (bicyclic) bond motifs is 2. The van der Waals surface area contributed by atoms with Gasteiger partial charge in [0.15, 0.2) is 0 Å². The van der Waals surface area contributed by atoms with Crippen LogP contribution in [0.4, 0.5) is 4.39 Å². The summed E-state index contributed by atoms with van der Waals surface area (Å²) >= 11 is 0. The van der Waals surface area contributed by atoms with Crippen LogP contribution in [0.15, 0.2) is 18.2 Å². The lowest BCUT2D eigenvalue weighted by Gasteiger charge is -2.57. The third-order valence-corrected chi connectivity index (χ3v) is 4.61. The van der Waals surface area contributed by atoms with Crippen molar-refractivity contribution in [3.63, 3.8) is 0 Å². The number of amides is 1. The van der Waals surface area contributed by atoms with Crippen molar-refractivity contribution in [3.05, 3.63) is 35.1 Å². The average molecular weight is 276 g/mol. The number of likely N-dealkylation sites (tertiary alicyclic amines) is 2. The molecule has 2 aliphatic heterocycles. The molecule has 2 fully saturated rings. The van der Waals surface area contributed by atoms with Gasteiger partial charge in [-0.1, -0.05) is 6.07 Å². The van der Waals surface area contributed by atoms with E-state index < -0.39 is 0 Å². The molecule has 2 saturated heterocycles. The van der Waals surface area contributed by atoms with Crippen molar-refractivity contribution in [3.8, 4) is 0 Å². The number of benzene rings is 1. The first-order valence-electron chi connectivity index (χ1n) is 7.30. The molecule has 108 valence electrons. The number of hydrogen-bond acceptors (Lipinski definition) is 2. The Morgan fingerprint density at radius 3 is 2.50 bits per heavy atom. The number of carbonyl (C=O) groups is 1. The first kappa shape index (κ1) is 13.6. The van der Waals surface area contributed by atoms with Gasteiger partial charge in [-0.2, -0.15) is 0 Å².